The summed E-state index contributed by atoms with van der Waals surface area (Å²) in [6.07, 6.45) is 6.61. The van der Waals surface area contributed by atoms with Crippen LogP contribution in [0.25, 0.3) is 0 Å². The fourth-order valence-electron chi connectivity index (χ4n) is 2.59. The van der Waals surface area contributed by atoms with Crippen LogP contribution in [0.1, 0.15) is 39.5 Å². The van der Waals surface area contributed by atoms with Crippen LogP contribution in [0.3, 0.4) is 0 Å². The molecule has 0 aromatic rings. The maximum atomic E-state index is 8.81. The molecule has 2 aliphatic rings. The summed E-state index contributed by atoms with van der Waals surface area (Å²) in [7, 11) is 0. The van der Waals surface area contributed by atoms with E-state index in [0.29, 0.717) is 0 Å². The lowest BCUT2D eigenvalue weighted by atomic mass is 10.1. The molecule has 2 nitrogen and oxygen atoms in total. The van der Waals surface area contributed by atoms with Gasteiger partial charge in [0.15, 0.2) is 0 Å². The van der Waals surface area contributed by atoms with Gasteiger partial charge in [0.1, 0.15) is 6.29 Å². The van der Waals surface area contributed by atoms with Gasteiger partial charge in [-0.05, 0) is 45.1 Å². The van der Waals surface area contributed by atoms with Gasteiger partial charge < -0.3 is 9.69 Å². The molecule has 0 unspecified atom stereocenters. The number of carbonyl (C=O) groups excluding carboxylic acids is 1. The Morgan fingerprint density at radius 2 is 2.15 bits per heavy atom. The molecule has 1 heterocycles. The van der Waals surface area contributed by atoms with E-state index < -0.39 is 0 Å². The number of piperidine rings is 1. The average Bonchev–Trinajstić information content (AvgIpc) is 2.67. The largest absolute Gasteiger partial charge is 0.304 e. The Bertz CT molecular complexity index is 158. The molecule has 13 heavy (non-hydrogen) atoms. The lowest BCUT2D eigenvalue weighted by Gasteiger charge is -2.25. The van der Waals surface area contributed by atoms with Gasteiger partial charge in [-0.1, -0.05) is 6.92 Å². The molecule has 1 aliphatic heterocycles. The van der Waals surface area contributed by atoms with Crippen molar-refractivity contribution in [2.45, 2.75) is 45.6 Å². The first-order valence-corrected chi connectivity index (χ1v) is 5.45. The zero-order valence-corrected chi connectivity index (χ0v) is 8.83. The van der Waals surface area contributed by atoms with Crippen LogP contribution < -0.4 is 0 Å². The number of hydrogen-bond acceptors (Lipinski definition) is 2. The van der Waals surface area contributed by atoms with E-state index >= 15 is 0 Å². The van der Waals surface area contributed by atoms with Gasteiger partial charge in [-0.3, -0.25) is 0 Å². The summed E-state index contributed by atoms with van der Waals surface area (Å²) in [5.74, 6) is 1.08. The van der Waals surface area contributed by atoms with Crippen molar-refractivity contribution < 1.29 is 4.79 Å². The summed E-state index contributed by atoms with van der Waals surface area (Å²) in [6.45, 7) is 6.49. The van der Waals surface area contributed by atoms with E-state index in [-0.39, 0.29) is 0 Å². The highest BCUT2D eigenvalue weighted by Gasteiger charge is 2.36. The van der Waals surface area contributed by atoms with Crippen LogP contribution in [0.15, 0.2) is 0 Å². The van der Waals surface area contributed by atoms with Gasteiger partial charge in [0.2, 0.25) is 0 Å². The van der Waals surface area contributed by atoms with Gasteiger partial charge in [-0.25, -0.2) is 0 Å². The van der Waals surface area contributed by atoms with E-state index in [1.165, 1.54) is 45.7 Å². The Balaban J connectivity index is 0.000000251. The van der Waals surface area contributed by atoms with E-state index in [1.54, 1.807) is 0 Å². The zero-order valence-electron chi connectivity index (χ0n) is 8.83. The molecule has 0 N–H and O–H groups in total. The second-order valence-electron chi connectivity index (χ2n) is 4.06. The van der Waals surface area contributed by atoms with Crippen molar-refractivity contribution in [3.63, 3.8) is 0 Å². The topological polar surface area (TPSA) is 20.3 Å². The summed E-state index contributed by atoms with van der Waals surface area (Å²) in [4.78, 5) is 11.5. The number of likely N-dealkylation sites (tertiary alicyclic amines) is 1. The van der Waals surface area contributed by atoms with Gasteiger partial charge >= 0.3 is 0 Å². The second kappa shape index (κ2) is 5.38. The van der Waals surface area contributed by atoms with E-state index in [0.717, 1.165) is 18.2 Å². The Kier molecular flexibility index (Phi) is 4.43. The normalized spacial score (nSPS) is 31.2. The minimum Gasteiger partial charge on any atom is -0.304 e. The molecule has 0 amide bonds. The van der Waals surface area contributed by atoms with Gasteiger partial charge in [-0.2, -0.15) is 0 Å². The van der Waals surface area contributed by atoms with Crippen LogP contribution in [0.4, 0.5) is 0 Å². The maximum Gasteiger partial charge on any atom is 0.116 e. The number of nitrogens with zero attached hydrogens (tertiary/aromatic N) is 1. The molecule has 2 fully saturated rings. The SMILES string of the molecule is CC=O.CCCN1C[C@H]2CC[C@@H]1C2. The van der Waals surface area contributed by atoms with Gasteiger partial charge in [0.25, 0.3) is 0 Å². The monoisotopic (exact) mass is 183 g/mol. The zero-order chi connectivity index (χ0) is 9.68. The van der Waals surface area contributed by atoms with E-state index in [2.05, 4.69) is 11.8 Å². The highest BCUT2D eigenvalue weighted by atomic mass is 16.1. The highest BCUT2D eigenvalue weighted by Crippen LogP contribution is 2.36. The number of hydrogen-bond donors (Lipinski definition) is 0. The molecule has 2 rings (SSSR count). The third-order valence-corrected chi connectivity index (χ3v) is 3.03. The molecule has 2 heteroatoms. The summed E-state index contributed by atoms with van der Waals surface area (Å²) < 4.78 is 0. The number of rotatable bonds is 2. The molecule has 1 saturated heterocycles. The van der Waals surface area contributed by atoms with Crippen molar-refractivity contribution in [2.75, 3.05) is 13.1 Å². The second-order valence-corrected chi connectivity index (χ2v) is 4.06. The summed E-state index contributed by atoms with van der Waals surface area (Å²) in [6, 6.07) is 0.991. The standard InChI is InChI=1S/C9H17N.C2H4O/c1-2-5-10-7-8-3-4-9(10)6-8;1-2-3/h8-9H,2-7H2,1H3;2H,1H3/t8-,9+;/m0./s1. The molecule has 0 aromatic carbocycles. The fourth-order valence-corrected chi connectivity index (χ4v) is 2.59. The quantitative estimate of drug-likeness (QED) is 0.611. The van der Waals surface area contributed by atoms with Crippen LogP contribution >= 0.6 is 0 Å². The molecular weight excluding hydrogens is 162 g/mol. The molecule has 0 aromatic heterocycles. The van der Waals surface area contributed by atoms with Gasteiger partial charge in [0, 0.05) is 12.6 Å². The van der Waals surface area contributed by atoms with Crippen LogP contribution in [0.2, 0.25) is 0 Å². The Morgan fingerprint density at radius 1 is 1.46 bits per heavy atom. The van der Waals surface area contributed by atoms with Crippen molar-refractivity contribution in [2.24, 2.45) is 5.92 Å². The molecule has 76 valence electrons. The first-order chi connectivity index (χ1) is 6.31. The van der Waals surface area contributed by atoms with Gasteiger partial charge in [0.05, 0.1) is 0 Å². The maximum absolute atomic E-state index is 8.81. The average molecular weight is 183 g/mol. The molecular formula is C11H21NO. The van der Waals surface area contributed by atoms with Crippen molar-refractivity contribution >= 4 is 6.29 Å². The Hall–Kier alpha value is -0.370. The van der Waals surface area contributed by atoms with Crippen LogP contribution in [0.5, 0.6) is 0 Å². The van der Waals surface area contributed by atoms with E-state index in [1.807, 2.05) is 0 Å². The predicted molar refractivity (Wildman–Crippen MR) is 54.7 cm³/mol. The Labute approximate surface area is 81.3 Å². The molecule has 0 spiro atoms. The summed E-state index contributed by atoms with van der Waals surface area (Å²) in [5.41, 5.74) is 0. The first kappa shape index (κ1) is 10.7. The highest BCUT2D eigenvalue weighted by molar-refractivity contribution is 5.44. The molecule has 2 bridgehead atoms. The third kappa shape index (κ3) is 2.80. The summed E-state index contributed by atoms with van der Waals surface area (Å²) >= 11 is 0. The molecule has 1 saturated carbocycles. The van der Waals surface area contributed by atoms with E-state index in [9.17, 15) is 0 Å². The smallest absolute Gasteiger partial charge is 0.116 e. The fraction of sp³-hybridized carbons (Fsp3) is 0.909. The van der Waals surface area contributed by atoms with Crippen LogP contribution in [0, 0.1) is 5.92 Å². The number of carbonyl (C=O) groups is 1. The molecule has 0 radical (unpaired) electrons. The lowest BCUT2D eigenvalue weighted by Crippen LogP contribution is -2.32. The Morgan fingerprint density at radius 3 is 2.54 bits per heavy atom. The van der Waals surface area contributed by atoms with Gasteiger partial charge in [-0.15, -0.1) is 0 Å². The summed E-state index contributed by atoms with van der Waals surface area (Å²) in [5, 5.41) is 0. The predicted octanol–water partition coefficient (Wildman–Crippen LogP) is 2.09. The van der Waals surface area contributed by atoms with Crippen molar-refractivity contribution in [3.05, 3.63) is 0 Å². The first-order valence-electron chi connectivity index (χ1n) is 5.45. The minimum absolute atomic E-state index is 0.750. The molecule has 2 atom stereocenters. The number of fused-ring (bicyclic) bond motifs is 2. The molecule has 1 aliphatic carbocycles. The van der Waals surface area contributed by atoms with Crippen LogP contribution in [-0.4, -0.2) is 30.3 Å². The lowest BCUT2D eigenvalue weighted by molar-refractivity contribution is -0.106. The van der Waals surface area contributed by atoms with E-state index in [4.69, 9.17) is 4.79 Å². The number of aldehydes is 1. The third-order valence-electron chi connectivity index (χ3n) is 3.03. The van der Waals surface area contributed by atoms with Crippen LogP contribution in [-0.2, 0) is 4.79 Å². The minimum atomic E-state index is 0.750. The van der Waals surface area contributed by atoms with Crippen molar-refractivity contribution in [3.8, 4) is 0 Å². The van der Waals surface area contributed by atoms with Crippen molar-refractivity contribution in [1.82, 2.24) is 4.90 Å². The van der Waals surface area contributed by atoms with Crippen molar-refractivity contribution in [1.29, 1.82) is 0 Å².